The zero-order valence-electron chi connectivity index (χ0n) is 35.2. The van der Waals surface area contributed by atoms with E-state index < -0.39 is 0 Å². The van der Waals surface area contributed by atoms with E-state index in [1.165, 1.54) is 10.5 Å². The number of hydrogen-bond donors (Lipinski definition) is 1. The second-order valence-corrected chi connectivity index (χ2v) is 17.8. The van der Waals surface area contributed by atoms with Crippen LogP contribution in [-0.2, 0) is 0 Å². The first kappa shape index (κ1) is 37.7. The van der Waals surface area contributed by atoms with E-state index in [4.69, 9.17) is 30.0 Å². The minimum atomic E-state index is 0.702. The van der Waals surface area contributed by atoms with Gasteiger partial charge in [0.05, 0.1) is 67.4 Å². The number of nitrogens with zero attached hydrogens (tertiary/aromatic N) is 7. The highest BCUT2D eigenvalue weighted by atomic mass is 32.2. The second-order valence-electron chi connectivity index (χ2n) is 16.7. The van der Waals surface area contributed by atoms with Crippen LogP contribution in [0.4, 0.5) is 11.4 Å². The molecule has 0 spiro atoms. The Morgan fingerprint density at radius 3 is 1.80 bits per heavy atom. The van der Waals surface area contributed by atoms with Gasteiger partial charge in [-0.15, -0.1) is 5.10 Å². The molecule has 7 aromatic carbocycles. The van der Waals surface area contributed by atoms with Crippen molar-refractivity contribution in [2.75, 3.05) is 5.32 Å². The Morgan fingerprint density at radius 2 is 1.05 bits per heavy atom. The van der Waals surface area contributed by atoms with Gasteiger partial charge in [-0.1, -0.05) is 121 Å². The van der Waals surface area contributed by atoms with E-state index >= 15 is 0 Å². The molecule has 1 aliphatic heterocycles. The zero-order valence-corrected chi connectivity index (χ0v) is 36.0. The first-order valence-electron chi connectivity index (χ1n) is 22.2. The molecule has 13 rings (SSSR count). The lowest BCUT2D eigenvalue weighted by molar-refractivity contribution is 0.720. The molecule has 65 heavy (non-hydrogen) atoms. The number of fused-ring (bicyclic) bond motifs is 7. The Morgan fingerprint density at radius 1 is 0.446 bits per heavy atom. The van der Waals surface area contributed by atoms with Crippen LogP contribution in [0, 0.1) is 0 Å². The SMILES string of the molecule is C1=C(c2nc(-c3nncc4ccccc34)c(-c3cccc4nc5ccccc5nc34)c(-c3cccc4c3Nc3ccccc3S4)c2-c2cccc3nc4ccccc4nc23)CCCCC1. The molecule has 0 radical (unpaired) electrons. The summed E-state index contributed by atoms with van der Waals surface area (Å²) < 4.78 is 0. The van der Waals surface area contributed by atoms with E-state index in [2.05, 4.69) is 114 Å². The summed E-state index contributed by atoms with van der Waals surface area (Å²) in [7, 11) is 0. The van der Waals surface area contributed by atoms with Crippen molar-refractivity contribution in [3.05, 3.63) is 170 Å². The largest absolute Gasteiger partial charge is 0.353 e. The molecule has 308 valence electrons. The summed E-state index contributed by atoms with van der Waals surface area (Å²) in [6, 6.07) is 52.4. The normalized spacial score (nSPS) is 13.7. The fourth-order valence-corrected chi connectivity index (χ4v) is 10.8. The third-order valence-electron chi connectivity index (χ3n) is 12.8. The number of benzene rings is 7. The van der Waals surface area contributed by atoms with Crippen LogP contribution in [0.1, 0.15) is 37.8 Å². The standard InChI is InChI=1S/C56H38N8S/c1-2-4-17-33(16-3-1)51-49(37-20-13-28-44-52(37)60-41-25-9-7-23-39(41)58-44)48(36-22-15-31-47-54(36)62-43-27-11-12-30-46(43)65-47)50(56(63-51)55-35-19-6-5-18-34(35)32-57-64-55)38-21-14-29-45-53(38)61-42-26-10-8-24-40(42)59-45/h5-16,18-32,62H,1-4,17H2. The summed E-state index contributed by atoms with van der Waals surface area (Å²) in [5, 5.41) is 15.6. The maximum absolute atomic E-state index is 5.99. The van der Waals surface area contributed by atoms with Gasteiger partial charge < -0.3 is 5.32 Å². The summed E-state index contributed by atoms with van der Waals surface area (Å²) >= 11 is 1.78. The summed E-state index contributed by atoms with van der Waals surface area (Å²) in [6.07, 6.45) is 9.47. The van der Waals surface area contributed by atoms with Crippen molar-refractivity contribution in [3.63, 3.8) is 0 Å². The van der Waals surface area contributed by atoms with Crippen molar-refractivity contribution in [1.29, 1.82) is 0 Å². The second kappa shape index (κ2) is 15.4. The van der Waals surface area contributed by atoms with Gasteiger partial charge in [0.1, 0.15) is 11.4 Å². The van der Waals surface area contributed by atoms with Crippen LogP contribution in [0.25, 0.3) is 105 Å². The average Bonchev–Trinajstić information content (AvgIpc) is 3.65. The third-order valence-corrected chi connectivity index (χ3v) is 13.9. The van der Waals surface area contributed by atoms with E-state index in [0.717, 1.165) is 148 Å². The Hall–Kier alpha value is -7.88. The van der Waals surface area contributed by atoms with Gasteiger partial charge in [-0.25, -0.2) is 24.9 Å². The van der Waals surface area contributed by atoms with E-state index in [9.17, 15) is 0 Å². The Balaban J connectivity index is 1.27. The van der Waals surface area contributed by atoms with Crippen molar-refractivity contribution in [3.8, 4) is 44.8 Å². The molecule has 2 aliphatic rings. The minimum absolute atomic E-state index is 0.702. The summed E-state index contributed by atoms with van der Waals surface area (Å²) in [4.78, 5) is 29.6. The fraction of sp³-hybridized carbons (Fsp3) is 0.0893. The van der Waals surface area contributed by atoms with Crippen LogP contribution in [0.15, 0.2) is 174 Å². The molecule has 0 saturated heterocycles. The van der Waals surface area contributed by atoms with Crippen LogP contribution < -0.4 is 5.32 Å². The Kier molecular flexibility index (Phi) is 8.94. The van der Waals surface area contributed by atoms with Crippen molar-refractivity contribution >= 4 is 83.6 Å². The smallest absolute Gasteiger partial charge is 0.120 e. The van der Waals surface area contributed by atoms with E-state index in [-0.39, 0.29) is 0 Å². The Bertz CT molecular complexity index is 3780. The predicted octanol–water partition coefficient (Wildman–Crippen LogP) is 14.4. The zero-order chi connectivity index (χ0) is 42.8. The highest BCUT2D eigenvalue weighted by Crippen LogP contribution is 2.55. The Labute approximate surface area is 378 Å². The fourth-order valence-electron chi connectivity index (χ4n) is 9.77. The number of para-hydroxylation sites is 8. The number of nitrogens with one attached hydrogen (secondary N) is 1. The molecule has 0 atom stereocenters. The molecular weight excluding hydrogens is 817 g/mol. The molecule has 0 saturated carbocycles. The summed E-state index contributed by atoms with van der Waals surface area (Å²) in [5.41, 5.74) is 17.9. The minimum Gasteiger partial charge on any atom is -0.353 e. The van der Waals surface area contributed by atoms with Crippen molar-refractivity contribution in [2.24, 2.45) is 0 Å². The molecule has 8 nitrogen and oxygen atoms in total. The first-order valence-corrected chi connectivity index (χ1v) is 23.0. The molecular formula is C56H38N8S. The summed E-state index contributed by atoms with van der Waals surface area (Å²) in [6.45, 7) is 0. The van der Waals surface area contributed by atoms with Gasteiger partial charge in [0, 0.05) is 53.9 Å². The first-order chi connectivity index (χ1) is 32.2. The van der Waals surface area contributed by atoms with Gasteiger partial charge in [0.15, 0.2) is 0 Å². The lowest BCUT2D eigenvalue weighted by Gasteiger charge is -2.28. The highest BCUT2D eigenvalue weighted by molar-refractivity contribution is 7.99. The van der Waals surface area contributed by atoms with Gasteiger partial charge in [-0.05, 0) is 85.9 Å². The van der Waals surface area contributed by atoms with Crippen molar-refractivity contribution in [2.45, 2.75) is 41.9 Å². The van der Waals surface area contributed by atoms with Gasteiger partial charge in [0.2, 0.25) is 0 Å². The molecule has 5 heterocycles. The van der Waals surface area contributed by atoms with Gasteiger partial charge in [0.25, 0.3) is 0 Å². The molecule has 4 aromatic heterocycles. The molecule has 0 fully saturated rings. The number of hydrogen-bond acceptors (Lipinski definition) is 9. The molecule has 11 aromatic rings. The molecule has 0 bridgehead atoms. The highest BCUT2D eigenvalue weighted by Gasteiger charge is 2.32. The molecule has 0 unspecified atom stereocenters. The van der Waals surface area contributed by atoms with Gasteiger partial charge in [-0.2, -0.15) is 5.10 Å². The number of aromatic nitrogens is 7. The number of rotatable bonds is 5. The predicted molar refractivity (Wildman–Crippen MR) is 265 cm³/mol. The number of allylic oxidation sites excluding steroid dienone is 2. The summed E-state index contributed by atoms with van der Waals surface area (Å²) in [5.74, 6) is 0. The van der Waals surface area contributed by atoms with Crippen LogP contribution in [0.5, 0.6) is 0 Å². The lowest BCUT2D eigenvalue weighted by atomic mass is 9.81. The maximum Gasteiger partial charge on any atom is 0.120 e. The maximum atomic E-state index is 5.99. The molecule has 1 N–H and O–H groups in total. The van der Waals surface area contributed by atoms with Gasteiger partial charge >= 0.3 is 0 Å². The van der Waals surface area contributed by atoms with Crippen LogP contribution in [0.3, 0.4) is 0 Å². The quantitative estimate of drug-likeness (QED) is 0.170. The van der Waals surface area contributed by atoms with Crippen molar-refractivity contribution in [1.82, 2.24) is 35.1 Å². The van der Waals surface area contributed by atoms with E-state index in [1.807, 2.05) is 60.8 Å². The van der Waals surface area contributed by atoms with Gasteiger partial charge in [-0.3, -0.25) is 0 Å². The third kappa shape index (κ3) is 6.33. The van der Waals surface area contributed by atoms with Crippen LogP contribution in [0.2, 0.25) is 0 Å². The van der Waals surface area contributed by atoms with E-state index in [1.54, 1.807) is 11.8 Å². The van der Waals surface area contributed by atoms with E-state index in [0.29, 0.717) is 5.69 Å². The monoisotopic (exact) mass is 854 g/mol. The van der Waals surface area contributed by atoms with Crippen LogP contribution >= 0.6 is 11.8 Å². The molecule has 0 amide bonds. The number of pyridine rings is 1. The van der Waals surface area contributed by atoms with Crippen molar-refractivity contribution < 1.29 is 0 Å². The molecule has 1 aliphatic carbocycles. The number of anilines is 2. The average molecular weight is 855 g/mol. The topological polar surface area (TPSA) is 102 Å². The lowest BCUT2D eigenvalue weighted by Crippen LogP contribution is -2.08. The van der Waals surface area contributed by atoms with Crippen LogP contribution in [-0.4, -0.2) is 35.1 Å². The molecule has 9 heteroatoms.